The normalized spacial score (nSPS) is 14.3. The molecule has 1 aromatic rings. The number of fused-ring (bicyclic) bond motifs is 1. The van der Waals surface area contributed by atoms with Gasteiger partial charge in [-0.2, -0.15) is 0 Å². The summed E-state index contributed by atoms with van der Waals surface area (Å²) in [5.41, 5.74) is 0.398. The number of imide groups is 1. The summed E-state index contributed by atoms with van der Waals surface area (Å²) in [5.74, 6) is -2.00. The van der Waals surface area contributed by atoms with Crippen molar-refractivity contribution < 1.29 is 19.5 Å². The van der Waals surface area contributed by atoms with Crippen LogP contribution in [0.1, 0.15) is 31.1 Å². The van der Waals surface area contributed by atoms with E-state index in [4.69, 9.17) is 5.11 Å². The third kappa shape index (κ3) is 1.41. The third-order valence-electron chi connectivity index (χ3n) is 2.08. The molecule has 0 aliphatic carbocycles. The Bertz CT molecular complexity index is 497. The van der Waals surface area contributed by atoms with Crippen molar-refractivity contribution in [1.82, 2.24) is 3.11 Å². The maximum atomic E-state index is 11.5. The molecule has 0 aromatic heterocycles. The van der Waals surface area contributed by atoms with Crippen molar-refractivity contribution in [2.75, 3.05) is 0 Å². The summed E-state index contributed by atoms with van der Waals surface area (Å²) in [6.07, 6.45) is 0. The Hall–Kier alpha value is -1.44. The highest BCUT2D eigenvalue weighted by atomic mass is 127. The van der Waals surface area contributed by atoms with Gasteiger partial charge in [0.05, 0.1) is 39.6 Å². The number of hydrogen-bond donors (Lipinski definition) is 1. The van der Waals surface area contributed by atoms with Crippen LogP contribution < -0.4 is 0 Å². The lowest BCUT2D eigenvalue weighted by Crippen LogP contribution is -2.17. The van der Waals surface area contributed by atoms with E-state index in [2.05, 4.69) is 0 Å². The van der Waals surface area contributed by atoms with Crippen molar-refractivity contribution in [2.24, 2.45) is 0 Å². The fraction of sp³-hybridized carbons (Fsp3) is 0. The van der Waals surface area contributed by atoms with E-state index >= 15 is 0 Å². The number of benzene rings is 1. The standard InChI is InChI=1S/C9H4INO4/c10-11-7(12)5-2-1-4(9(14)15)3-6(5)8(11)13/h1-3H,(H,14,15). The predicted molar refractivity (Wildman–Crippen MR) is 57.9 cm³/mol. The minimum Gasteiger partial charge on any atom is -0.478 e. The molecule has 2 amide bonds. The first-order chi connectivity index (χ1) is 7.02. The van der Waals surface area contributed by atoms with E-state index < -0.39 is 17.8 Å². The number of halogens is 1. The van der Waals surface area contributed by atoms with E-state index in [0.29, 0.717) is 0 Å². The topological polar surface area (TPSA) is 74.7 Å². The van der Waals surface area contributed by atoms with Crippen LogP contribution in [0.4, 0.5) is 0 Å². The molecule has 1 aromatic carbocycles. The number of nitrogens with zero attached hydrogens (tertiary/aromatic N) is 1. The van der Waals surface area contributed by atoms with E-state index in [1.54, 1.807) is 22.9 Å². The second kappa shape index (κ2) is 3.30. The van der Waals surface area contributed by atoms with Gasteiger partial charge < -0.3 is 5.11 Å². The molecule has 0 saturated carbocycles. The summed E-state index contributed by atoms with van der Waals surface area (Å²) >= 11 is 1.60. The molecule has 0 bridgehead atoms. The van der Waals surface area contributed by atoms with Gasteiger partial charge in [-0.3, -0.25) is 9.59 Å². The molecule has 0 saturated heterocycles. The summed E-state index contributed by atoms with van der Waals surface area (Å²) in [6.45, 7) is 0. The Morgan fingerprint density at radius 2 is 1.80 bits per heavy atom. The Morgan fingerprint density at radius 1 is 1.20 bits per heavy atom. The second-order valence-electron chi connectivity index (χ2n) is 2.96. The number of hydrogen-bond acceptors (Lipinski definition) is 3. The van der Waals surface area contributed by atoms with E-state index in [1.807, 2.05) is 0 Å². The molecular weight excluding hydrogens is 313 g/mol. The summed E-state index contributed by atoms with van der Waals surface area (Å²) < 4.78 is 0.939. The maximum absolute atomic E-state index is 11.5. The van der Waals surface area contributed by atoms with Crippen molar-refractivity contribution in [2.45, 2.75) is 0 Å². The van der Waals surface area contributed by atoms with Crippen molar-refractivity contribution in [3.63, 3.8) is 0 Å². The highest BCUT2D eigenvalue weighted by Gasteiger charge is 2.34. The highest BCUT2D eigenvalue weighted by Crippen LogP contribution is 2.26. The SMILES string of the molecule is O=C(O)c1ccc2c(c1)C(=O)N(I)C2=O. The second-order valence-corrected chi connectivity index (χ2v) is 3.92. The molecule has 6 heteroatoms. The lowest BCUT2D eigenvalue weighted by Gasteiger charge is -1.98. The minimum atomic E-state index is -1.12. The number of carboxylic acid groups (broad SMARTS) is 1. The third-order valence-corrected chi connectivity index (χ3v) is 2.96. The van der Waals surface area contributed by atoms with E-state index in [1.165, 1.54) is 18.2 Å². The van der Waals surface area contributed by atoms with Crippen LogP contribution in [0.2, 0.25) is 0 Å². The lowest BCUT2D eigenvalue weighted by molar-refractivity contribution is 0.0695. The molecule has 0 atom stereocenters. The molecule has 1 aliphatic rings. The summed E-state index contributed by atoms with van der Waals surface area (Å²) in [5, 5.41) is 8.72. The van der Waals surface area contributed by atoms with E-state index in [-0.39, 0.29) is 16.7 Å². The molecule has 0 fully saturated rings. The van der Waals surface area contributed by atoms with E-state index in [9.17, 15) is 14.4 Å². The van der Waals surface area contributed by atoms with Crippen molar-refractivity contribution in [1.29, 1.82) is 0 Å². The molecule has 0 spiro atoms. The van der Waals surface area contributed by atoms with E-state index in [0.717, 1.165) is 3.11 Å². The molecule has 0 radical (unpaired) electrons. The number of carbonyl (C=O) groups is 3. The van der Waals surface area contributed by atoms with Gasteiger partial charge in [0.15, 0.2) is 0 Å². The molecule has 76 valence electrons. The van der Waals surface area contributed by atoms with Gasteiger partial charge in [0, 0.05) is 0 Å². The first-order valence-corrected chi connectivity index (χ1v) is 4.91. The van der Waals surface area contributed by atoms with Gasteiger partial charge in [0.1, 0.15) is 0 Å². The zero-order chi connectivity index (χ0) is 11.2. The Labute approximate surface area is 98.2 Å². The molecule has 2 rings (SSSR count). The van der Waals surface area contributed by atoms with Gasteiger partial charge in [-0.1, -0.05) is 0 Å². The monoisotopic (exact) mass is 317 g/mol. The van der Waals surface area contributed by atoms with Gasteiger partial charge in [-0.25, -0.2) is 7.91 Å². The average molecular weight is 317 g/mol. The Morgan fingerprint density at radius 3 is 2.40 bits per heavy atom. The van der Waals surface area contributed by atoms with Crippen LogP contribution in [0, 0.1) is 0 Å². The Kier molecular flexibility index (Phi) is 2.22. The molecular formula is C9H4INO4. The zero-order valence-corrected chi connectivity index (χ0v) is 9.39. The van der Waals surface area contributed by atoms with Crippen LogP contribution in [0.5, 0.6) is 0 Å². The van der Waals surface area contributed by atoms with Crippen LogP contribution in [0.25, 0.3) is 0 Å². The minimum absolute atomic E-state index is 0.00148. The number of rotatable bonds is 1. The quantitative estimate of drug-likeness (QED) is 0.482. The Balaban J connectivity index is 2.61. The van der Waals surface area contributed by atoms with Crippen molar-refractivity contribution >= 4 is 40.6 Å². The maximum Gasteiger partial charge on any atom is 0.335 e. The lowest BCUT2D eigenvalue weighted by atomic mass is 10.1. The number of carboxylic acids is 1. The summed E-state index contributed by atoms with van der Waals surface area (Å²) in [4.78, 5) is 33.6. The molecule has 1 heterocycles. The first-order valence-electron chi connectivity index (χ1n) is 3.94. The van der Waals surface area contributed by atoms with Crippen LogP contribution >= 0.6 is 22.9 Å². The number of amides is 2. The largest absolute Gasteiger partial charge is 0.478 e. The smallest absolute Gasteiger partial charge is 0.335 e. The van der Waals surface area contributed by atoms with Gasteiger partial charge in [0.2, 0.25) is 0 Å². The van der Waals surface area contributed by atoms with Crippen LogP contribution in [-0.2, 0) is 0 Å². The molecule has 0 unspecified atom stereocenters. The molecule has 15 heavy (non-hydrogen) atoms. The van der Waals surface area contributed by atoms with Crippen LogP contribution in [0.15, 0.2) is 18.2 Å². The average Bonchev–Trinajstić information content (AvgIpc) is 2.44. The fourth-order valence-corrected chi connectivity index (χ4v) is 1.86. The van der Waals surface area contributed by atoms with Crippen molar-refractivity contribution in [3.8, 4) is 0 Å². The van der Waals surface area contributed by atoms with Gasteiger partial charge in [-0.15, -0.1) is 0 Å². The fourth-order valence-electron chi connectivity index (χ4n) is 1.34. The molecule has 1 N–H and O–H groups in total. The first kappa shape index (κ1) is 10.1. The van der Waals surface area contributed by atoms with Crippen LogP contribution in [0.3, 0.4) is 0 Å². The zero-order valence-electron chi connectivity index (χ0n) is 7.23. The molecule has 5 nitrogen and oxygen atoms in total. The van der Waals surface area contributed by atoms with Gasteiger partial charge in [-0.05, 0) is 18.2 Å². The molecule has 1 aliphatic heterocycles. The van der Waals surface area contributed by atoms with Gasteiger partial charge in [0.25, 0.3) is 11.8 Å². The highest BCUT2D eigenvalue weighted by molar-refractivity contribution is 14.1. The van der Waals surface area contributed by atoms with Gasteiger partial charge >= 0.3 is 5.97 Å². The number of aromatic carboxylic acids is 1. The van der Waals surface area contributed by atoms with Crippen molar-refractivity contribution in [3.05, 3.63) is 34.9 Å². The summed E-state index contributed by atoms with van der Waals surface area (Å²) in [7, 11) is 0. The number of carbonyl (C=O) groups excluding carboxylic acids is 2. The summed E-state index contributed by atoms with van der Waals surface area (Å²) in [6, 6.07) is 3.89. The van der Waals surface area contributed by atoms with Crippen LogP contribution in [-0.4, -0.2) is 26.0 Å². The predicted octanol–water partition coefficient (Wildman–Crippen LogP) is 1.33.